The number of hydrogen-bond donors (Lipinski definition) is 0. The smallest absolute Gasteiger partial charge is 0.315 e. The van der Waals surface area contributed by atoms with E-state index in [4.69, 9.17) is 4.74 Å². The summed E-state index contributed by atoms with van der Waals surface area (Å²) in [6.07, 6.45) is 5.40. The number of ketones is 1. The van der Waals surface area contributed by atoms with Crippen molar-refractivity contribution >= 4 is 17.7 Å². The minimum absolute atomic E-state index is 0.154. The topological polar surface area (TPSA) is 66.9 Å². The van der Waals surface area contributed by atoms with Crippen molar-refractivity contribution in [3.8, 4) is 0 Å². The molecule has 2 aliphatic heterocycles. The normalized spacial score (nSPS) is 16.9. The van der Waals surface area contributed by atoms with Crippen molar-refractivity contribution in [1.82, 2.24) is 9.80 Å². The molecule has 0 spiro atoms. The highest BCUT2D eigenvalue weighted by Crippen LogP contribution is 2.27. The van der Waals surface area contributed by atoms with Gasteiger partial charge >= 0.3 is 5.97 Å². The van der Waals surface area contributed by atoms with Gasteiger partial charge in [0.2, 0.25) is 5.91 Å². The van der Waals surface area contributed by atoms with Gasteiger partial charge in [0.15, 0.2) is 5.78 Å². The Balaban J connectivity index is 1.29. The van der Waals surface area contributed by atoms with Crippen LogP contribution in [-0.4, -0.2) is 60.2 Å². The van der Waals surface area contributed by atoms with E-state index in [2.05, 4.69) is 29.2 Å². The maximum absolute atomic E-state index is 13.0. The zero-order valence-electron chi connectivity index (χ0n) is 24.1. The lowest BCUT2D eigenvalue weighted by atomic mass is 9.84. The third-order valence-corrected chi connectivity index (χ3v) is 8.63. The molecule has 0 saturated carbocycles. The van der Waals surface area contributed by atoms with Gasteiger partial charge in [-0.3, -0.25) is 19.3 Å². The molecule has 2 heterocycles. The molecule has 4 rings (SSSR count). The number of rotatable bonds is 9. The van der Waals surface area contributed by atoms with Crippen molar-refractivity contribution in [1.29, 1.82) is 0 Å². The van der Waals surface area contributed by atoms with Gasteiger partial charge in [-0.15, -0.1) is 0 Å². The summed E-state index contributed by atoms with van der Waals surface area (Å²) < 4.78 is 5.25. The van der Waals surface area contributed by atoms with E-state index in [0.717, 1.165) is 76.0 Å². The second kappa shape index (κ2) is 12.9. The zero-order valence-corrected chi connectivity index (χ0v) is 24.1. The van der Waals surface area contributed by atoms with Crippen molar-refractivity contribution in [3.05, 3.63) is 70.3 Å². The van der Waals surface area contributed by atoms with Crippen molar-refractivity contribution in [2.75, 3.05) is 32.8 Å². The molecule has 0 radical (unpaired) electrons. The Bertz CT molecular complexity index is 1160. The van der Waals surface area contributed by atoms with Gasteiger partial charge in [-0.2, -0.15) is 0 Å². The maximum atomic E-state index is 13.0. The quantitative estimate of drug-likeness (QED) is 0.322. The number of amides is 1. The molecule has 0 N–H and O–H groups in total. The standard InChI is InChI=1S/C33H44N2O4/c1-5-39-32(38)33(3,4)30-11-6-26(7-12-30)23-34-18-16-27-9-10-29(22-28(27)17-19-34)31(37)13-8-25-14-20-35(21-15-25)24(2)36/h6-7,9-12,22,25H,5,8,13-21,23H2,1-4H3. The van der Waals surface area contributed by atoms with Gasteiger partial charge in [-0.25, -0.2) is 0 Å². The second-order valence-electron chi connectivity index (χ2n) is 11.7. The van der Waals surface area contributed by atoms with Crippen LogP contribution >= 0.6 is 0 Å². The van der Waals surface area contributed by atoms with E-state index < -0.39 is 5.41 Å². The first kappa shape index (κ1) is 29.0. The fourth-order valence-electron chi connectivity index (χ4n) is 5.83. The lowest BCUT2D eigenvalue weighted by Crippen LogP contribution is -2.37. The molecule has 2 aromatic carbocycles. The molecule has 0 unspecified atom stereocenters. The molecule has 6 heteroatoms. The molecule has 2 aliphatic rings. The number of piperidine rings is 1. The van der Waals surface area contributed by atoms with E-state index in [1.54, 1.807) is 6.92 Å². The minimum atomic E-state index is -0.666. The first-order valence-electron chi connectivity index (χ1n) is 14.6. The molecule has 210 valence electrons. The predicted octanol–water partition coefficient (Wildman–Crippen LogP) is 5.35. The number of carbonyl (C=O) groups excluding carboxylic acids is 3. The van der Waals surface area contributed by atoms with E-state index in [1.807, 2.05) is 43.9 Å². The Morgan fingerprint density at radius 1 is 0.923 bits per heavy atom. The highest BCUT2D eigenvalue weighted by molar-refractivity contribution is 5.96. The van der Waals surface area contributed by atoms with Crippen molar-refractivity contribution < 1.29 is 19.1 Å². The molecule has 1 amide bonds. The maximum Gasteiger partial charge on any atom is 0.315 e. The number of esters is 1. The second-order valence-corrected chi connectivity index (χ2v) is 11.7. The lowest BCUT2D eigenvalue weighted by Gasteiger charge is -2.31. The first-order chi connectivity index (χ1) is 18.7. The number of nitrogens with zero attached hydrogens (tertiary/aromatic N) is 2. The number of fused-ring (bicyclic) bond motifs is 1. The van der Waals surface area contributed by atoms with E-state index in [0.29, 0.717) is 18.9 Å². The Hall–Kier alpha value is -2.99. The van der Waals surface area contributed by atoms with Crippen LogP contribution in [0.3, 0.4) is 0 Å². The molecule has 1 fully saturated rings. The van der Waals surface area contributed by atoms with Gasteiger partial charge < -0.3 is 9.64 Å². The van der Waals surface area contributed by atoms with Crippen LogP contribution < -0.4 is 0 Å². The lowest BCUT2D eigenvalue weighted by molar-refractivity contribution is -0.148. The summed E-state index contributed by atoms with van der Waals surface area (Å²) >= 11 is 0. The third-order valence-electron chi connectivity index (χ3n) is 8.63. The fraction of sp³-hybridized carbons (Fsp3) is 0.545. The number of Topliss-reactive ketones (excluding diaryl/α,β-unsaturated/α-hetero) is 1. The average molecular weight is 533 g/mol. The van der Waals surface area contributed by atoms with Gasteiger partial charge in [0.25, 0.3) is 0 Å². The Morgan fingerprint density at radius 2 is 1.59 bits per heavy atom. The van der Waals surface area contributed by atoms with Crippen LogP contribution in [-0.2, 0) is 39.1 Å². The fourth-order valence-corrected chi connectivity index (χ4v) is 5.83. The van der Waals surface area contributed by atoms with Crippen molar-refractivity contribution in [3.63, 3.8) is 0 Å². The summed E-state index contributed by atoms with van der Waals surface area (Å²) in [6, 6.07) is 14.6. The largest absolute Gasteiger partial charge is 0.465 e. The van der Waals surface area contributed by atoms with Crippen LogP contribution in [0.4, 0.5) is 0 Å². The van der Waals surface area contributed by atoms with Crippen molar-refractivity contribution in [2.45, 2.75) is 78.2 Å². The van der Waals surface area contributed by atoms with Crippen LogP contribution in [0.15, 0.2) is 42.5 Å². The summed E-state index contributed by atoms with van der Waals surface area (Å²) in [5, 5.41) is 0. The van der Waals surface area contributed by atoms with Gasteiger partial charge in [-0.05, 0) is 87.1 Å². The van der Waals surface area contributed by atoms with E-state index in [1.165, 1.54) is 16.7 Å². The van der Waals surface area contributed by atoms with Gasteiger partial charge in [0.1, 0.15) is 0 Å². The summed E-state index contributed by atoms with van der Waals surface area (Å²) in [7, 11) is 0. The molecular formula is C33H44N2O4. The average Bonchev–Trinajstić information content (AvgIpc) is 3.14. The molecule has 2 aromatic rings. The van der Waals surface area contributed by atoms with Crippen LogP contribution in [0, 0.1) is 5.92 Å². The summed E-state index contributed by atoms with van der Waals surface area (Å²) in [5.41, 5.74) is 5.01. The Morgan fingerprint density at radius 3 is 2.23 bits per heavy atom. The molecule has 1 saturated heterocycles. The first-order valence-corrected chi connectivity index (χ1v) is 14.6. The molecule has 0 aliphatic carbocycles. The number of carbonyl (C=O) groups is 3. The molecule has 0 atom stereocenters. The highest BCUT2D eigenvalue weighted by Gasteiger charge is 2.31. The van der Waals surface area contributed by atoms with E-state index in [9.17, 15) is 14.4 Å². The van der Waals surface area contributed by atoms with Crippen LogP contribution in [0.5, 0.6) is 0 Å². The molecule has 0 bridgehead atoms. The number of ether oxygens (including phenoxy) is 1. The van der Waals surface area contributed by atoms with Crippen molar-refractivity contribution in [2.24, 2.45) is 5.92 Å². The third kappa shape index (κ3) is 7.36. The number of hydrogen-bond acceptors (Lipinski definition) is 5. The SMILES string of the molecule is CCOC(=O)C(C)(C)c1ccc(CN2CCc3ccc(C(=O)CCC4CCN(C(C)=O)CC4)cc3CC2)cc1. The number of benzene rings is 2. The Kier molecular flexibility index (Phi) is 9.60. The monoisotopic (exact) mass is 532 g/mol. The van der Waals surface area contributed by atoms with E-state index >= 15 is 0 Å². The van der Waals surface area contributed by atoms with E-state index in [-0.39, 0.29) is 17.7 Å². The summed E-state index contributed by atoms with van der Waals surface area (Å²) in [6.45, 7) is 12.1. The molecule has 39 heavy (non-hydrogen) atoms. The Labute approximate surface area is 233 Å². The number of likely N-dealkylation sites (tertiary alicyclic amines) is 1. The molecule has 6 nitrogen and oxygen atoms in total. The molecular weight excluding hydrogens is 488 g/mol. The van der Waals surface area contributed by atoms with Crippen LogP contribution in [0.25, 0.3) is 0 Å². The van der Waals surface area contributed by atoms with Crippen LogP contribution in [0.1, 0.15) is 86.0 Å². The van der Waals surface area contributed by atoms with Crippen LogP contribution in [0.2, 0.25) is 0 Å². The summed E-state index contributed by atoms with van der Waals surface area (Å²) in [5.74, 6) is 0.722. The molecule has 0 aromatic heterocycles. The van der Waals surface area contributed by atoms with Gasteiger partial charge in [-0.1, -0.05) is 36.4 Å². The highest BCUT2D eigenvalue weighted by atomic mass is 16.5. The minimum Gasteiger partial charge on any atom is -0.465 e. The summed E-state index contributed by atoms with van der Waals surface area (Å²) in [4.78, 5) is 41.3. The van der Waals surface area contributed by atoms with Gasteiger partial charge in [0.05, 0.1) is 12.0 Å². The zero-order chi connectivity index (χ0) is 28.0. The predicted molar refractivity (Wildman–Crippen MR) is 154 cm³/mol. The van der Waals surface area contributed by atoms with Gasteiger partial charge in [0, 0.05) is 51.6 Å².